The molecule has 1 rings (SSSR count). The monoisotopic (exact) mass is 288 g/mol. The van der Waals surface area contributed by atoms with Crippen LogP contribution < -0.4 is 10.5 Å². The lowest BCUT2D eigenvalue weighted by atomic mass is 10.1. The van der Waals surface area contributed by atoms with Crippen LogP contribution in [0.3, 0.4) is 0 Å². The second kappa shape index (κ2) is 7.86. The van der Waals surface area contributed by atoms with E-state index in [4.69, 9.17) is 10.5 Å². The van der Waals surface area contributed by atoms with Gasteiger partial charge >= 0.3 is 0 Å². The van der Waals surface area contributed by atoms with Gasteiger partial charge in [0.25, 0.3) is 0 Å². The van der Waals surface area contributed by atoms with Gasteiger partial charge in [0.1, 0.15) is 0 Å². The topological polar surface area (TPSA) is 75.8 Å². The van der Waals surface area contributed by atoms with E-state index in [1.807, 2.05) is 0 Å². The first kappa shape index (κ1) is 17.5. The molecule has 1 atom stereocenters. The van der Waals surface area contributed by atoms with E-state index in [0.717, 1.165) is 5.56 Å². The maximum absolute atomic E-state index is 11.7. The molecule has 0 spiro atoms. The zero-order valence-electron chi connectivity index (χ0n) is 11.4. The lowest BCUT2D eigenvalue weighted by molar-refractivity contribution is -0.130. The number of hydrogen-bond donors (Lipinski definition) is 2. The van der Waals surface area contributed by atoms with E-state index in [9.17, 15) is 9.90 Å². The van der Waals surface area contributed by atoms with Gasteiger partial charge in [-0.05, 0) is 24.6 Å². The van der Waals surface area contributed by atoms with E-state index < -0.39 is 0 Å². The van der Waals surface area contributed by atoms with Gasteiger partial charge in [-0.2, -0.15) is 0 Å². The van der Waals surface area contributed by atoms with Crippen LogP contribution in [0.4, 0.5) is 0 Å². The Hall–Kier alpha value is -1.46. The molecule has 0 saturated heterocycles. The van der Waals surface area contributed by atoms with Crippen molar-refractivity contribution in [3.05, 3.63) is 23.8 Å². The Labute approximate surface area is 119 Å². The van der Waals surface area contributed by atoms with Gasteiger partial charge < -0.3 is 20.5 Å². The van der Waals surface area contributed by atoms with Crippen LogP contribution in [0.1, 0.15) is 18.9 Å². The summed E-state index contributed by atoms with van der Waals surface area (Å²) < 4.78 is 5.02. The molecule has 0 saturated carbocycles. The highest BCUT2D eigenvalue weighted by Crippen LogP contribution is 2.26. The zero-order chi connectivity index (χ0) is 13.7. The molecule has 5 nitrogen and oxygen atoms in total. The first-order chi connectivity index (χ1) is 8.43. The Bertz CT molecular complexity index is 424. The van der Waals surface area contributed by atoms with Crippen LogP contribution in [0.15, 0.2) is 18.2 Å². The number of carbonyl (C=O) groups is 1. The number of nitrogens with zero attached hydrogens (tertiary/aromatic N) is 1. The third-order valence-corrected chi connectivity index (χ3v) is 2.59. The highest BCUT2D eigenvalue weighted by atomic mass is 35.5. The largest absolute Gasteiger partial charge is 0.504 e. The molecule has 6 heteroatoms. The molecule has 0 aliphatic rings. The van der Waals surface area contributed by atoms with Crippen LogP contribution in [-0.2, 0) is 11.3 Å². The van der Waals surface area contributed by atoms with Gasteiger partial charge in [0.05, 0.1) is 7.11 Å². The summed E-state index contributed by atoms with van der Waals surface area (Å²) in [6.07, 6.45) is 0.325. The van der Waals surface area contributed by atoms with Crippen LogP contribution in [0.5, 0.6) is 11.5 Å². The van der Waals surface area contributed by atoms with Crippen molar-refractivity contribution >= 4 is 18.3 Å². The summed E-state index contributed by atoms with van der Waals surface area (Å²) in [5.74, 6) is 0.489. The fourth-order valence-corrected chi connectivity index (χ4v) is 1.61. The molecule has 0 aliphatic heterocycles. The molecule has 0 aliphatic carbocycles. The molecular formula is C13H21ClN2O3. The smallest absolute Gasteiger partial charge is 0.224 e. The Morgan fingerprint density at radius 3 is 2.68 bits per heavy atom. The summed E-state index contributed by atoms with van der Waals surface area (Å²) in [6.45, 7) is 2.26. The van der Waals surface area contributed by atoms with Gasteiger partial charge in [-0.15, -0.1) is 12.4 Å². The number of phenolic OH excluding ortho intramolecular Hbond substituents is 1. The first-order valence-electron chi connectivity index (χ1n) is 5.79. The van der Waals surface area contributed by atoms with Gasteiger partial charge in [-0.25, -0.2) is 0 Å². The minimum atomic E-state index is -0.144. The molecule has 3 N–H and O–H groups in total. The number of carbonyl (C=O) groups excluding carboxylic acids is 1. The second-order valence-corrected chi connectivity index (χ2v) is 4.44. The Morgan fingerprint density at radius 2 is 2.16 bits per heavy atom. The second-order valence-electron chi connectivity index (χ2n) is 4.44. The van der Waals surface area contributed by atoms with E-state index in [1.165, 1.54) is 7.11 Å². The van der Waals surface area contributed by atoms with Gasteiger partial charge in [-0.3, -0.25) is 4.79 Å². The number of phenols is 1. The molecule has 0 fully saturated rings. The fraction of sp³-hybridized carbons (Fsp3) is 0.462. The maximum Gasteiger partial charge on any atom is 0.224 e. The summed E-state index contributed by atoms with van der Waals surface area (Å²) in [6, 6.07) is 4.88. The average molecular weight is 289 g/mol. The third-order valence-electron chi connectivity index (χ3n) is 2.59. The first-order valence-corrected chi connectivity index (χ1v) is 5.79. The van der Waals surface area contributed by atoms with Crippen molar-refractivity contribution < 1.29 is 14.6 Å². The lowest BCUT2D eigenvalue weighted by Gasteiger charge is -2.19. The maximum atomic E-state index is 11.7. The average Bonchev–Trinajstić information content (AvgIpc) is 2.30. The van der Waals surface area contributed by atoms with Crippen molar-refractivity contribution in [2.24, 2.45) is 5.73 Å². The number of amides is 1. The van der Waals surface area contributed by atoms with Gasteiger partial charge in [0, 0.05) is 26.1 Å². The zero-order valence-corrected chi connectivity index (χ0v) is 12.2. The van der Waals surface area contributed by atoms with Gasteiger partial charge in [0.2, 0.25) is 5.91 Å². The van der Waals surface area contributed by atoms with Crippen LogP contribution in [-0.4, -0.2) is 36.1 Å². The van der Waals surface area contributed by atoms with Crippen molar-refractivity contribution in [2.75, 3.05) is 14.2 Å². The number of benzene rings is 1. The van der Waals surface area contributed by atoms with E-state index >= 15 is 0 Å². The highest BCUT2D eigenvalue weighted by molar-refractivity contribution is 5.85. The van der Waals surface area contributed by atoms with Crippen LogP contribution in [0, 0.1) is 0 Å². The van der Waals surface area contributed by atoms with Gasteiger partial charge in [-0.1, -0.05) is 6.07 Å². The number of ether oxygens (including phenoxy) is 1. The number of aromatic hydroxyl groups is 1. The van der Waals surface area contributed by atoms with E-state index in [2.05, 4.69) is 0 Å². The van der Waals surface area contributed by atoms with Crippen molar-refractivity contribution in [1.29, 1.82) is 0 Å². The minimum Gasteiger partial charge on any atom is -0.504 e. The van der Waals surface area contributed by atoms with E-state index in [-0.39, 0.29) is 30.1 Å². The standard InChI is InChI=1S/C13H20N2O3.ClH/c1-9(14)6-13(17)15(2)8-10-4-5-11(16)12(7-10)18-3;/h4-5,7,9,16H,6,8,14H2,1-3H3;1H. The van der Waals surface area contributed by atoms with Crippen LogP contribution >= 0.6 is 12.4 Å². The molecule has 0 bridgehead atoms. The summed E-state index contributed by atoms with van der Waals surface area (Å²) in [4.78, 5) is 13.4. The number of rotatable bonds is 5. The minimum absolute atomic E-state index is 0. The normalized spacial score (nSPS) is 11.4. The van der Waals surface area contributed by atoms with Crippen molar-refractivity contribution in [1.82, 2.24) is 4.90 Å². The quantitative estimate of drug-likeness (QED) is 0.861. The number of methoxy groups -OCH3 is 1. The molecule has 1 aromatic carbocycles. The molecule has 0 heterocycles. The molecule has 1 aromatic rings. The number of hydrogen-bond acceptors (Lipinski definition) is 4. The Balaban J connectivity index is 0.00000324. The number of halogens is 1. The molecular weight excluding hydrogens is 268 g/mol. The lowest BCUT2D eigenvalue weighted by Crippen LogP contribution is -2.31. The fourth-order valence-electron chi connectivity index (χ4n) is 1.61. The molecule has 108 valence electrons. The summed E-state index contributed by atoms with van der Waals surface area (Å²) in [5.41, 5.74) is 6.48. The van der Waals surface area contributed by atoms with E-state index in [0.29, 0.717) is 18.7 Å². The van der Waals surface area contributed by atoms with Crippen molar-refractivity contribution in [3.63, 3.8) is 0 Å². The Kier molecular flexibility index (Phi) is 7.26. The number of nitrogens with two attached hydrogens (primary N) is 1. The van der Waals surface area contributed by atoms with E-state index in [1.54, 1.807) is 37.1 Å². The van der Waals surface area contributed by atoms with Crippen molar-refractivity contribution in [3.8, 4) is 11.5 Å². The predicted molar refractivity (Wildman–Crippen MR) is 76.6 cm³/mol. The van der Waals surface area contributed by atoms with Crippen LogP contribution in [0.2, 0.25) is 0 Å². The molecule has 0 aromatic heterocycles. The van der Waals surface area contributed by atoms with Gasteiger partial charge in [0.15, 0.2) is 11.5 Å². The third kappa shape index (κ3) is 5.36. The van der Waals surface area contributed by atoms with Crippen LogP contribution in [0.25, 0.3) is 0 Å². The SMILES string of the molecule is COc1cc(CN(C)C(=O)CC(C)N)ccc1O.Cl. The predicted octanol–water partition coefficient (Wildman–Crippen LogP) is 1.52. The summed E-state index contributed by atoms with van der Waals surface area (Å²) in [5, 5.41) is 9.48. The summed E-state index contributed by atoms with van der Waals surface area (Å²) in [7, 11) is 3.22. The molecule has 19 heavy (non-hydrogen) atoms. The summed E-state index contributed by atoms with van der Waals surface area (Å²) >= 11 is 0. The molecule has 0 radical (unpaired) electrons. The van der Waals surface area contributed by atoms with Crippen molar-refractivity contribution in [2.45, 2.75) is 25.9 Å². The molecule has 1 unspecified atom stereocenters. The highest BCUT2D eigenvalue weighted by Gasteiger charge is 2.12. The Morgan fingerprint density at radius 1 is 1.53 bits per heavy atom. The molecule has 1 amide bonds.